The van der Waals surface area contributed by atoms with E-state index in [2.05, 4.69) is 247 Å². The zero-order valence-electron chi connectivity index (χ0n) is 50.2. The highest BCUT2D eigenvalue weighted by Crippen LogP contribution is 2.55. The van der Waals surface area contributed by atoms with Crippen LogP contribution in [0.5, 0.6) is 0 Å². The van der Waals surface area contributed by atoms with Gasteiger partial charge in [0.25, 0.3) is 6.71 Å². The highest BCUT2D eigenvalue weighted by Gasteiger charge is 2.49. The average Bonchev–Trinajstić information content (AvgIpc) is 2.78. The number of fused-ring (bicyclic) bond motifs is 12. The molecule has 2 aliphatic heterocycles. The maximum absolute atomic E-state index is 2.81. The molecule has 7 aromatic carbocycles. The summed E-state index contributed by atoms with van der Waals surface area (Å²) in [5.41, 5.74) is 26.0. The largest absolute Gasteiger partial charge is 0.338 e. The molecule has 402 valence electrons. The smallest absolute Gasteiger partial charge is 0.264 e. The quantitative estimate of drug-likeness (QED) is 0.162. The highest BCUT2D eigenvalue weighted by molar-refractivity contribution is 7.33. The molecule has 9 aromatic rings. The van der Waals surface area contributed by atoms with Gasteiger partial charge in [-0.1, -0.05) is 152 Å². The molecule has 14 rings (SSSR count). The third-order valence-electron chi connectivity index (χ3n) is 20.9. The van der Waals surface area contributed by atoms with Gasteiger partial charge in [0.2, 0.25) is 0 Å². The second-order valence-electron chi connectivity index (χ2n) is 30.2. The van der Waals surface area contributed by atoms with Crippen molar-refractivity contribution in [3.63, 3.8) is 0 Å². The van der Waals surface area contributed by atoms with Crippen molar-refractivity contribution in [2.45, 2.75) is 194 Å². The second kappa shape index (κ2) is 16.8. The third kappa shape index (κ3) is 7.73. The van der Waals surface area contributed by atoms with E-state index in [4.69, 9.17) is 0 Å². The normalized spacial score (nSPS) is 19.7. The van der Waals surface area contributed by atoms with Gasteiger partial charge in [-0.25, -0.2) is 0 Å². The lowest BCUT2D eigenvalue weighted by Gasteiger charge is -2.47. The third-order valence-corrected chi connectivity index (χ3v) is 23.3. The first-order chi connectivity index (χ1) is 37.1. The van der Waals surface area contributed by atoms with Gasteiger partial charge in [-0.2, -0.15) is 0 Å². The summed E-state index contributed by atoms with van der Waals surface area (Å²) in [7, 11) is 0. The van der Waals surface area contributed by atoms with E-state index in [1.807, 2.05) is 11.3 Å². The van der Waals surface area contributed by atoms with Crippen LogP contribution in [0.1, 0.15) is 192 Å². The van der Waals surface area contributed by atoms with Gasteiger partial charge in [0.15, 0.2) is 0 Å². The highest BCUT2D eigenvalue weighted by atomic mass is 32.1. The summed E-state index contributed by atoms with van der Waals surface area (Å²) in [4.78, 5) is 5.57. The fourth-order valence-electron chi connectivity index (χ4n) is 15.5. The van der Waals surface area contributed by atoms with E-state index in [1.54, 1.807) is 0 Å². The average molecular weight is 1070 g/mol. The number of nitrogens with zero attached hydrogens (tertiary/aromatic N) is 2. The van der Waals surface area contributed by atoms with Crippen molar-refractivity contribution in [3.8, 4) is 11.1 Å². The van der Waals surface area contributed by atoms with Crippen molar-refractivity contribution in [3.05, 3.63) is 165 Å². The predicted octanol–water partition coefficient (Wildman–Crippen LogP) is 19.5. The summed E-state index contributed by atoms with van der Waals surface area (Å²) >= 11 is 4.02. The van der Waals surface area contributed by atoms with Crippen molar-refractivity contribution >= 4 is 104 Å². The Morgan fingerprint density at radius 3 is 1.63 bits per heavy atom. The minimum Gasteiger partial charge on any atom is -0.338 e. The molecule has 4 heterocycles. The first-order valence-corrected chi connectivity index (χ1v) is 31.5. The van der Waals surface area contributed by atoms with Crippen molar-refractivity contribution in [2.24, 2.45) is 0 Å². The van der Waals surface area contributed by atoms with Crippen LogP contribution in [0.3, 0.4) is 0 Å². The number of anilines is 5. The molecule has 2 aromatic heterocycles. The molecule has 3 aliphatic carbocycles. The van der Waals surface area contributed by atoms with Crippen LogP contribution < -0.4 is 25.5 Å². The fourth-order valence-corrected chi connectivity index (χ4v) is 17.9. The summed E-state index contributed by atoms with van der Waals surface area (Å²) in [6, 6.07) is 47.2. The van der Waals surface area contributed by atoms with Crippen molar-refractivity contribution < 1.29 is 0 Å². The molecule has 5 aliphatic rings. The summed E-state index contributed by atoms with van der Waals surface area (Å²) in [5.74, 6) is 0. The van der Waals surface area contributed by atoms with Crippen LogP contribution >= 0.6 is 22.7 Å². The number of aryl methyl sites for hydroxylation is 1. The topological polar surface area (TPSA) is 6.48 Å². The summed E-state index contributed by atoms with van der Waals surface area (Å²) < 4.78 is 5.60. The van der Waals surface area contributed by atoms with Gasteiger partial charge >= 0.3 is 0 Å². The Labute approximate surface area is 480 Å². The molecule has 79 heavy (non-hydrogen) atoms. The van der Waals surface area contributed by atoms with Crippen LogP contribution in [-0.2, 0) is 44.4 Å². The maximum atomic E-state index is 2.81. The summed E-state index contributed by atoms with van der Waals surface area (Å²) in [6.07, 6.45) is 7.12. The Morgan fingerprint density at radius 2 is 1.01 bits per heavy atom. The molecule has 0 unspecified atom stereocenters. The van der Waals surface area contributed by atoms with Crippen LogP contribution in [0.15, 0.2) is 115 Å². The number of hydrogen-bond acceptors (Lipinski definition) is 4. The Hall–Kier alpha value is -5.62. The maximum Gasteiger partial charge on any atom is 0.264 e. The molecular weight excluding hydrogens is 992 g/mol. The lowest BCUT2D eigenvalue weighted by atomic mass is 9.35. The molecule has 0 radical (unpaired) electrons. The monoisotopic (exact) mass is 1070 g/mol. The lowest BCUT2D eigenvalue weighted by Crippen LogP contribution is -2.61. The summed E-state index contributed by atoms with van der Waals surface area (Å²) in [6.45, 7) is 40.3. The second-order valence-corrected chi connectivity index (χ2v) is 32.4. The Morgan fingerprint density at radius 1 is 0.481 bits per heavy atom. The minimum atomic E-state index is 0.0448. The SMILES string of the molecule is Cc1cc2c3c(c1)N(c1ccc4sc5ccc(C(C)(C)C)cc5c4c1)c1c(sc4cc5c(cc14)C(C)(C)CCC5(C)C)B3c1cc3c(cc1N2Cc1cc2c(cc1-c1ccccc1)C(C)(C)CCC2(C)C)C(C)(C)CCC3(C)C. The zero-order chi connectivity index (χ0) is 55.5. The van der Waals surface area contributed by atoms with Gasteiger partial charge in [0, 0.05) is 64.3 Å². The first-order valence-electron chi connectivity index (χ1n) is 29.8. The fraction of sp³-hybridized carbons (Fsp3) is 0.405. The van der Waals surface area contributed by atoms with Crippen LogP contribution in [0.4, 0.5) is 28.4 Å². The Balaban J connectivity index is 1.09. The molecule has 0 fully saturated rings. The van der Waals surface area contributed by atoms with Crippen LogP contribution in [0.2, 0.25) is 0 Å². The molecular formula is C74H81BN2S2. The predicted molar refractivity (Wildman–Crippen MR) is 348 cm³/mol. The van der Waals surface area contributed by atoms with Gasteiger partial charge in [-0.3, -0.25) is 0 Å². The van der Waals surface area contributed by atoms with Crippen LogP contribution in [0.25, 0.3) is 41.4 Å². The van der Waals surface area contributed by atoms with Gasteiger partial charge in [-0.05, 0) is 222 Å². The standard InChI is InChI=1S/C74H81BN2S2/c1-43-32-60-65-61(33-43)77(47-23-25-63-50(36-47)49-35-46(68(2,3)4)22-24-62(49)78-63)66-51-38-54-57(74(15,16)31-28-71(54,9)10)41-64(51)79-67(66)75(65)58-39-55-56(73(13,14)30-29-72(55,11)12)40-59(58)76(60)42-45-34-52-53(70(7,8)27-26-69(52,5)6)37-48(45)44-20-18-17-19-21-44/h17-25,32-41H,26-31,42H2,1-16H3. The number of benzene rings is 7. The van der Waals surface area contributed by atoms with Crippen molar-refractivity contribution in [2.75, 3.05) is 9.80 Å². The number of rotatable bonds is 4. The van der Waals surface area contributed by atoms with Gasteiger partial charge in [0.05, 0.1) is 5.69 Å². The van der Waals surface area contributed by atoms with Crippen molar-refractivity contribution in [1.82, 2.24) is 0 Å². The van der Waals surface area contributed by atoms with Crippen LogP contribution in [-0.4, -0.2) is 6.71 Å². The van der Waals surface area contributed by atoms with E-state index in [9.17, 15) is 0 Å². The van der Waals surface area contributed by atoms with Gasteiger partial charge in [0.1, 0.15) is 0 Å². The molecule has 5 heteroatoms. The molecule has 0 atom stereocenters. The number of hydrogen-bond donors (Lipinski definition) is 0. The lowest BCUT2D eigenvalue weighted by molar-refractivity contribution is 0.331. The number of thiophene rings is 2. The minimum absolute atomic E-state index is 0.0448. The zero-order valence-corrected chi connectivity index (χ0v) is 51.8. The molecule has 0 bridgehead atoms. The van der Waals surface area contributed by atoms with Gasteiger partial charge in [-0.15, -0.1) is 22.7 Å². The van der Waals surface area contributed by atoms with E-state index < -0.39 is 0 Å². The molecule has 0 saturated carbocycles. The van der Waals surface area contributed by atoms with E-state index in [0.29, 0.717) is 0 Å². The molecule has 0 amide bonds. The van der Waals surface area contributed by atoms with E-state index in [1.165, 1.54) is 174 Å². The Bertz CT molecular complexity index is 4070. The molecule has 0 saturated heterocycles. The Kier molecular flexibility index (Phi) is 10.9. The molecule has 0 spiro atoms. The van der Waals surface area contributed by atoms with E-state index in [-0.39, 0.29) is 44.6 Å². The molecule has 0 N–H and O–H groups in total. The first kappa shape index (κ1) is 51.5. The summed E-state index contributed by atoms with van der Waals surface area (Å²) in [5, 5.41) is 4.12. The molecule has 2 nitrogen and oxygen atoms in total. The van der Waals surface area contributed by atoms with E-state index >= 15 is 0 Å². The van der Waals surface area contributed by atoms with Gasteiger partial charge < -0.3 is 9.80 Å². The van der Waals surface area contributed by atoms with Crippen molar-refractivity contribution in [1.29, 1.82) is 0 Å². The van der Waals surface area contributed by atoms with E-state index in [0.717, 1.165) is 6.54 Å². The van der Waals surface area contributed by atoms with Crippen LogP contribution in [0, 0.1) is 6.92 Å².